The zero-order valence-corrected chi connectivity index (χ0v) is 12.8. The summed E-state index contributed by atoms with van der Waals surface area (Å²) in [5.74, 6) is -0.213. The number of aliphatic hydroxyl groups is 1. The zero-order chi connectivity index (χ0) is 14.5. The largest absolute Gasteiger partial charge is 0.392 e. The minimum atomic E-state index is -0.213. The lowest BCUT2D eigenvalue weighted by Crippen LogP contribution is -2.19. The summed E-state index contributed by atoms with van der Waals surface area (Å²) in [6, 6.07) is 12.7. The summed E-state index contributed by atoms with van der Waals surface area (Å²) < 4.78 is 14.6. The Morgan fingerprint density at radius 1 is 1.15 bits per heavy atom. The third kappa shape index (κ3) is 3.88. The van der Waals surface area contributed by atoms with Crippen LogP contribution in [-0.2, 0) is 13.2 Å². The first-order valence-corrected chi connectivity index (χ1v) is 7.26. The minimum absolute atomic E-state index is 0.0498. The lowest BCUT2D eigenvalue weighted by Gasteiger charge is -2.15. The van der Waals surface area contributed by atoms with Crippen LogP contribution in [0.1, 0.15) is 29.7 Å². The van der Waals surface area contributed by atoms with Gasteiger partial charge < -0.3 is 10.4 Å². The van der Waals surface area contributed by atoms with Gasteiger partial charge in [-0.25, -0.2) is 4.39 Å². The van der Waals surface area contributed by atoms with Crippen molar-refractivity contribution in [2.45, 2.75) is 26.1 Å². The Labute approximate surface area is 126 Å². The third-order valence-corrected chi connectivity index (χ3v) is 3.74. The van der Waals surface area contributed by atoms with E-state index in [-0.39, 0.29) is 18.5 Å². The summed E-state index contributed by atoms with van der Waals surface area (Å²) in [4.78, 5) is 0. The molecular weight excluding hydrogens is 321 g/mol. The molecule has 4 heteroatoms. The fourth-order valence-electron chi connectivity index (χ4n) is 2.00. The molecule has 0 aromatic heterocycles. The molecule has 0 bridgehead atoms. The van der Waals surface area contributed by atoms with E-state index in [4.69, 9.17) is 5.11 Å². The van der Waals surface area contributed by atoms with Crippen LogP contribution in [0.2, 0.25) is 0 Å². The molecule has 2 N–H and O–H groups in total. The van der Waals surface area contributed by atoms with Crippen LogP contribution in [0, 0.1) is 5.82 Å². The SMILES string of the molecule is CC(NCc1ccc(CO)cc1)c1ccc(Br)cc1F. The quantitative estimate of drug-likeness (QED) is 0.866. The third-order valence-electron chi connectivity index (χ3n) is 3.25. The molecule has 0 fully saturated rings. The number of nitrogens with one attached hydrogen (secondary N) is 1. The average molecular weight is 338 g/mol. The van der Waals surface area contributed by atoms with Crippen molar-refractivity contribution < 1.29 is 9.50 Å². The van der Waals surface area contributed by atoms with Crippen molar-refractivity contribution in [3.05, 3.63) is 69.4 Å². The highest BCUT2D eigenvalue weighted by Crippen LogP contribution is 2.21. The van der Waals surface area contributed by atoms with E-state index >= 15 is 0 Å². The Hall–Kier alpha value is -1.23. The predicted octanol–water partition coefficient (Wildman–Crippen LogP) is 3.93. The molecular formula is C16H17BrFNO. The lowest BCUT2D eigenvalue weighted by atomic mass is 10.1. The molecule has 106 valence electrons. The normalized spacial score (nSPS) is 12.4. The van der Waals surface area contributed by atoms with Gasteiger partial charge in [0.2, 0.25) is 0 Å². The molecule has 0 aliphatic carbocycles. The molecule has 2 aromatic rings. The molecule has 1 atom stereocenters. The molecule has 0 aliphatic heterocycles. The summed E-state index contributed by atoms with van der Waals surface area (Å²) in [6.07, 6.45) is 0. The Morgan fingerprint density at radius 3 is 2.40 bits per heavy atom. The summed E-state index contributed by atoms with van der Waals surface area (Å²) in [5.41, 5.74) is 2.65. The van der Waals surface area contributed by atoms with Gasteiger partial charge >= 0.3 is 0 Å². The van der Waals surface area contributed by atoms with E-state index in [1.54, 1.807) is 6.07 Å². The fourth-order valence-corrected chi connectivity index (χ4v) is 2.33. The minimum Gasteiger partial charge on any atom is -0.392 e. The summed E-state index contributed by atoms with van der Waals surface area (Å²) in [5, 5.41) is 12.3. The second kappa shape index (κ2) is 6.97. The van der Waals surface area contributed by atoms with Crippen LogP contribution in [0.5, 0.6) is 0 Å². The smallest absolute Gasteiger partial charge is 0.129 e. The lowest BCUT2D eigenvalue weighted by molar-refractivity contribution is 0.282. The van der Waals surface area contributed by atoms with Gasteiger partial charge in [0.15, 0.2) is 0 Å². The zero-order valence-electron chi connectivity index (χ0n) is 11.2. The molecule has 0 heterocycles. The van der Waals surface area contributed by atoms with Crippen LogP contribution in [0.15, 0.2) is 46.9 Å². The molecule has 0 saturated carbocycles. The van der Waals surface area contributed by atoms with Crippen molar-refractivity contribution in [3.63, 3.8) is 0 Å². The van der Waals surface area contributed by atoms with E-state index in [0.29, 0.717) is 12.1 Å². The number of benzene rings is 2. The van der Waals surface area contributed by atoms with E-state index in [1.165, 1.54) is 6.07 Å². The molecule has 0 spiro atoms. The molecule has 0 aliphatic rings. The first-order chi connectivity index (χ1) is 9.60. The molecule has 0 amide bonds. The van der Waals surface area contributed by atoms with Crippen LogP contribution in [0.25, 0.3) is 0 Å². The van der Waals surface area contributed by atoms with Gasteiger partial charge in [0, 0.05) is 22.6 Å². The Bertz CT molecular complexity index is 571. The average Bonchev–Trinajstić information content (AvgIpc) is 2.45. The first-order valence-electron chi connectivity index (χ1n) is 6.47. The number of halogens is 2. The van der Waals surface area contributed by atoms with Gasteiger partial charge in [-0.2, -0.15) is 0 Å². The van der Waals surface area contributed by atoms with Crippen LogP contribution >= 0.6 is 15.9 Å². The Balaban J connectivity index is 1.98. The fraction of sp³-hybridized carbons (Fsp3) is 0.250. The number of rotatable bonds is 5. The maximum Gasteiger partial charge on any atom is 0.129 e. The van der Waals surface area contributed by atoms with Gasteiger partial charge in [0.05, 0.1) is 6.61 Å². The van der Waals surface area contributed by atoms with Gasteiger partial charge in [0.1, 0.15) is 5.82 Å². The van der Waals surface area contributed by atoms with Crippen LogP contribution in [0.3, 0.4) is 0 Å². The van der Waals surface area contributed by atoms with Crippen molar-refractivity contribution in [2.24, 2.45) is 0 Å². The highest BCUT2D eigenvalue weighted by atomic mass is 79.9. The number of hydrogen-bond acceptors (Lipinski definition) is 2. The summed E-state index contributed by atoms with van der Waals surface area (Å²) >= 11 is 3.25. The van der Waals surface area contributed by atoms with Gasteiger partial charge in [0.25, 0.3) is 0 Å². The summed E-state index contributed by atoms with van der Waals surface area (Å²) in [6.45, 7) is 2.64. The highest BCUT2D eigenvalue weighted by Gasteiger charge is 2.10. The molecule has 2 rings (SSSR count). The molecule has 2 nitrogen and oxygen atoms in total. The van der Waals surface area contributed by atoms with Gasteiger partial charge in [-0.15, -0.1) is 0 Å². The van der Waals surface area contributed by atoms with Gasteiger partial charge in [-0.1, -0.05) is 46.3 Å². The van der Waals surface area contributed by atoms with Crippen molar-refractivity contribution in [1.82, 2.24) is 5.32 Å². The van der Waals surface area contributed by atoms with Crippen LogP contribution < -0.4 is 5.32 Å². The molecule has 1 unspecified atom stereocenters. The topological polar surface area (TPSA) is 32.3 Å². The Kier molecular flexibility index (Phi) is 5.29. The number of aliphatic hydroxyl groups excluding tert-OH is 1. The summed E-state index contributed by atoms with van der Waals surface area (Å²) in [7, 11) is 0. The highest BCUT2D eigenvalue weighted by molar-refractivity contribution is 9.10. The van der Waals surface area contributed by atoms with E-state index in [0.717, 1.165) is 15.6 Å². The van der Waals surface area contributed by atoms with Crippen LogP contribution in [-0.4, -0.2) is 5.11 Å². The molecule has 0 radical (unpaired) electrons. The maximum atomic E-state index is 13.8. The Morgan fingerprint density at radius 2 is 1.80 bits per heavy atom. The standard InChI is InChI=1S/C16H17BrFNO/c1-11(15-7-6-14(17)8-16(15)18)19-9-12-2-4-13(10-20)5-3-12/h2-8,11,19-20H,9-10H2,1H3. The van der Waals surface area contributed by atoms with Crippen molar-refractivity contribution in [1.29, 1.82) is 0 Å². The monoisotopic (exact) mass is 337 g/mol. The molecule has 0 saturated heterocycles. The molecule has 20 heavy (non-hydrogen) atoms. The van der Waals surface area contributed by atoms with Crippen molar-refractivity contribution in [2.75, 3.05) is 0 Å². The van der Waals surface area contributed by atoms with Crippen molar-refractivity contribution in [3.8, 4) is 0 Å². The van der Waals surface area contributed by atoms with Crippen molar-refractivity contribution >= 4 is 15.9 Å². The first kappa shape index (κ1) is 15.2. The van der Waals surface area contributed by atoms with E-state index in [2.05, 4.69) is 21.2 Å². The second-order valence-corrected chi connectivity index (χ2v) is 5.66. The second-order valence-electron chi connectivity index (χ2n) is 4.74. The van der Waals surface area contributed by atoms with Gasteiger partial charge in [-0.3, -0.25) is 0 Å². The maximum absolute atomic E-state index is 13.8. The van der Waals surface area contributed by atoms with E-state index < -0.39 is 0 Å². The molecule has 2 aromatic carbocycles. The van der Waals surface area contributed by atoms with Gasteiger partial charge in [-0.05, 0) is 30.2 Å². The number of hydrogen-bond donors (Lipinski definition) is 2. The van der Waals surface area contributed by atoms with E-state index in [9.17, 15) is 4.39 Å². The van der Waals surface area contributed by atoms with E-state index in [1.807, 2.05) is 37.3 Å². The predicted molar refractivity (Wildman–Crippen MR) is 81.7 cm³/mol. The van der Waals surface area contributed by atoms with Crippen LogP contribution in [0.4, 0.5) is 4.39 Å².